The summed E-state index contributed by atoms with van der Waals surface area (Å²) in [5.74, 6) is 1.77. The van der Waals surface area contributed by atoms with Crippen LogP contribution in [0.3, 0.4) is 0 Å². The summed E-state index contributed by atoms with van der Waals surface area (Å²) in [6.45, 7) is 1.65. The van der Waals surface area contributed by atoms with Crippen molar-refractivity contribution in [3.8, 4) is 5.75 Å². The van der Waals surface area contributed by atoms with Gasteiger partial charge >= 0.3 is 0 Å². The second-order valence-electron chi connectivity index (χ2n) is 4.76. The van der Waals surface area contributed by atoms with Crippen molar-refractivity contribution in [2.24, 2.45) is 11.7 Å². The first-order valence-electron chi connectivity index (χ1n) is 6.41. The highest BCUT2D eigenvalue weighted by Crippen LogP contribution is 2.32. The lowest BCUT2D eigenvalue weighted by molar-refractivity contribution is 0.298. The molecule has 1 saturated carbocycles. The van der Waals surface area contributed by atoms with E-state index in [1.807, 2.05) is 0 Å². The summed E-state index contributed by atoms with van der Waals surface area (Å²) in [6.07, 6.45) is 6.01. The Hall–Kier alpha value is -0.540. The van der Waals surface area contributed by atoms with Crippen molar-refractivity contribution >= 4 is 15.9 Å². The number of benzene rings is 1. The van der Waals surface area contributed by atoms with E-state index in [1.54, 1.807) is 0 Å². The maximum Gasteiger partial charge on any atom is 0.133 e. The predicted molar refractivity (Wildman–Crippen MR) is 74.4 cm³/mol. The molecule has 2 rings (SSSR count). The summed E-state index contributed by atoms with van der Waals surface area (Å²) < 4.78 is 6.85. The zero-order valence-electron chi connectivity index (χ0n) is 10.1. The van der Waals surface area contributed by atoms with E-state index in [9.17, 15) is 0 Å². The minimum Gasteiger partial charge on any atom is -0.492 e. The van der Waals surface area contributed by atoms with Gasteiger partial charge in [0.05, 0.1) is 11.1 Å². The van der Waals surface area contributed by atoms with Crippen LogP contribution in [0, 0.1) is 5.92 Å². The molecular formula is C14H20BrNO. The van der Waals surface area contributed by atoms with Crippen molar-refractivity contribution in [1.29, 1.82) is 0 Å². The minimum absolute atomic E-state index is 0.782. The van der Waals surface area contributed by atoms with Crippen LogP contribution < -0.4 is 10.5 Å². The van der Waals surface area contributed by atoms with Gasteiger partial charge in [-0.3, -0.25) is 0 Å². The van der Waals surface area contributed by atoms with Crippen LogP contribution >= 0.6 is 15.9 Å². The Morgan fingerprint density at radius 3 is 2.76 bits per heavy atom. The third-order valence-electron chi connectivity index (χ3n) is 3.09. The maximum atomic E-state index is 5.77. The summed E-state index contributed by atoms with van der Waals surface area (Å²) in [6, 6.07) is 6.40. The van der Waals surface area contributed by atoms with Gasteiger partial charge in [-0.05, 0) is 78.2 Å². The summed E-state index contributed by atoms with van der Waals surface area (Å²) in [4.78, 5) is 0. The number of hydrogen-bond donors (Lipinski definition) is 1. The monoisotopic (exact) mass is 297 g/mol. The van der Waals surface area contributed by atoms with Crippen LogP contribution in [-0.4, -0.2) is 13.2 Å². The Kier molecular flexibility index (Phi) is 4.86. The normalized spacial score (nSPS) is 14.9. The fraction of sp³-hybridized carbons (Fsp3) is 0.571. The van der Waals surface area contributed by atoms with E-state index in [0.29, 0.717) is 0 Å². The molecule has 0 amide bonds. The number of nitrogens with two attached hydrogens (primary N) is 1. The van der Waals surface area contributed by atoms with Crippen molar-refractivity contribution in [1.82, 2.24) is 0 Å². The molecule has 1 aromatic carbocycles. The largest absolute Gasteiger partial charge is 0.492 e. The Morgan fingerprint density at radius 1 is 1.29 bits per heavy atom. The predicted octanol–water partition coefficient (Wildman–Crippen LogP) is 3.52. The first-order chi connectivity index (χ1) is 8.29. The Bertz CT molecular complexity index is 363. The lowest BCUT2D eigenvalue weighted by Crippen LogP contribution is -2.01. The summed E-state index contributed by atoms with van der Waals surface area (Å²) in [5, 5.41) is 0. The van der Waals surface area contributed by atoms with E-state index in [2.05, 4.69) is 34.1 Å². The molecule has 2 N–H and O–H groups in total. The molecule has 0 aromatic heterocycles. The van der Waals surface area contributed by atoms with E-state index in [4.69, 9.17) is 10.5 Å². The molecule has 0 radical (unpaired) electrons. The van der Waals surface area contributed by atoms with Gasteiger partial charge in [-0.15, -0.1) is 0 Å². The molecule has 2 nitrogen and oxygen atoms in total. The molecule has 1 aromatic rings. The Labute approximate surface area is 112 Å². The SMILES string of the molecule is NCCCCc1ccc(OCC2CC2)c(Br)c1. The van der Waals surface area contributed by atoms with E-state index in [0.717, 1.165) is 48.6 Å². The van der Waals surface area contributed by atoms with E-state index in [1.165, 1.54) is 18.4 Å². The summed E-state index contributed by atoms with van der Waals surface area (Å²) in [7, 11) is 0. The number of hydrogen-bond acceptors (Lipinski definition) is 2. The van der Waals surface area contributed by atoms with Crippen LogP contribution in [0.15, 0.2) is 22.7 Å². The van der Waals surface area contributed by atoms with Gasteiger partial charge in [-0.25, -0.2) is 0 Å². The highest BCUT2D eigenvalue weighted by Gasteiger charge is 2.22. The molecule has 1 aliphatic rings. The maximum absolute atomic E-state index is 5.77. The standard InChI is InChI=1S/C14H20BrNO/c15-13-9-11(3-1-2-8-16)6-7-14(13)17-10-12-4-5-12/h6-7,9,12H,1-5,8,10,16H2. The quantitative estimate of drug-likeness (QED) is 0.782. The number of aryl methyl sites for hydroxylation is 1. The van der Waals surface area contributed by atoms with Gasteiger partial charge in [-0.1, -0.05) is 6.07 Å². The first kappa shape index (κ1) is 12.9. The highest BCUT2D eigenvalue weighted by molar-refractivity contribution is 9.10. The number of unbranched alkanes of at least 4 members (excludes halogenated alkanes) is 1. The number of ether oxygens (including phenoxy) is 1. The van der Waals surface area contributed by atoms with Crippen molar-refractivity contribution in [3.63, 3.8) is 0 Å². The molecular weight excluding hydrogens is 278 g/mol. The summed E-state index contributed by atoms with van der Waals surface area (Å²) >= 11 is 3.58. The van der Waals surface area contributed by atoms with Crippen molar-refractivity contribution in [2.45, 2.75) is 32.1 Å². The smallest absolute Gasteiger partial charge is 0.133 e. The second kappa shape index (κ2) is 6.41. The zero-order chi connectivity index (χ0) is 12.1. The fourth-order valence-corrected chi connectivity index (χ4v) is 2.32. The first-order valence-corrected chi connectivity index (χ1v) is 7.20. The molecule has 0 unspecified atom stereocenters. The lowest BCUT2D eigenvalue weighted by atomic mass is 10.1. The fourth-order valence-electron chi connectivity index (χ4n) is 1.78. The molecule has 17 heavy (non-hydrogen) atoms. The van der Waals surface area contributed by atoms with Crippen LogP contribution in [-0.2, 0) is 6.42 Å². The van der Waals surface area contributed by atoms with Crippen molar-refractivity contribution in [2.75, 3.05) is 13.2 Å². The lowest BCUT2D eigenvalue weighted by Gasteiger charge is -2.09. The molecule has 0 heterocycles. The summed E-state index contributed by atoms with van der Waals surface area (Å²) in [5.41, 5.74) is 6.84. The van der Waals surface area contributed by atoms with Gasteiger partial charge < -0.3 is 10.5 Å². The van der Waals surface area contributed by atoms with Crippen LogP contribution in [0.2, 0.25) is 0 Å². The number of halogens is 1. The van der Waals surface area contributed by atoms with Gasteiger partial charge in [0.1, 0.15) is 5.75 Å². The van der Waals surface area contributed by atoms with Gasteiger partial charge in [0.2, 0.25) is 0 Å². The molecule has 94 valence electrons. The average Bonchev–Trinajstić information content (AvgIpc) is 3.12. The van der Waals surface area contributed by atoms with Crippen molar-refractivity contribution < 1.29 is 4.74 Å². The minimum atomic E-state index is 0.782. The molecule has 0 bridgehead atoms. The molecule has 0 aliphatic heterocycles. The molecule has 0 atom stereocenters. The Morgan fingerprint density at radius 2 is 2.12 bits per heavy atom. The van der Waals surface area contributed by atoms with Gasteiger partial charge in [0.25, 0.3) is 0 Å². The van der Waals surface area contributed by atoms with Crippen LogP contribution in [0.1, 0.15) is 31.2 Å². The zero-order valence-corrected chi connectivity index (χ0v) is 11.7. The van der Waals surface area contributed by atoms with Crippen molar-refractivity contribution in [3.05, 3.63) is 28.2 Å². The molecule has 0 saturated heterocycles. The van der Waals surface area contributed by atoms with Crippen LogP contribution in [0.5, 0.6) is 5.75 Å². The van der Waals surface area contributed by atoms with Gasteiger partial charge in [0.15, 0.2) is 0 Å². The van der Waals surface area contributed by atoms with Gasteiger partial charge in [-0.2, -0.15) is 0 Å². The highest BCUT2D eigenvalue weighted by atomic mass is 79.9. The Balaban J connectivity index is 1.85. The van der Waals surface area contributed by atoms with Crippen LogP contribution in [0.4, 0.5) is 0 Å². The third kappa shape index (κ3) is 4.32. The average molecular weight is 298 g/mol. The van der Waals surface area contributed by atoms with Gasteiger partial charge in [0, 0.05) is 0 Å². The number of rotatable bonds is 7. The molecule has 1 fully saturated rings. The second-order valence-corrected chi connectivity index (χ2v) is 5.62. The van der Waals surface area contributed by atoms with E-state index < -0.39 is 0 Å². The van der Waals surface area contributed by atoms with E-state index >= 15 is 0 Å². The molecule has 0 spiro atoms. The molecule has 1 aliphatic carbocycles. The topological polar surface area (TPSA) is 35.2 Å². The third-order valence-corrected chi connectivity index (χ3v) is 3.71. The van der Waals surface area contributed by atoms with E-state index in [-0.39, 0.29) is 0 Å². The molecule has 3 heteroatoms. The van der Waals surface area contributed by atoms with Crippen LogP contribution in [0.25, 0.3) is 0 Å².